The van der Waals surface area contributed by atoms with Crippen LogP contribution in [0.3, 0.4) is 0 Å². The molecule has 3 nitrogen and oxygen atoms in total. The predicted molar refractivity (Wildman–Crippen MR) is 87.6 cm³/mol. The summed E-state index contributed by atoms with van der Waals surface area (Å²) >= 11 is 0. The Labute approximate surface area is 133 Å². The fourth-order valence-corrected chi connectivity index (χ4v) is 3.47. The van der Waals surface area contributed by atoms with E-state index in [1.54, 1.807) is 0 Å². The number of aliphatic hydroxyl groups excluding tert-OH is 1. The highest BCUT2D eigenvalue weighted by molar-refractivity contribution is 5.73. The van der Waals surface area contributed by atoms with Crippen LogP contribution in [-0.4, -0.2) is 22.8 Å². The maximum atomic E-state index is 12.2. The predicted octanol–water partition coefficient (Wildman–Crippen LogP) is 3.84. The van der Waals surface area contributed by atoms with E-state index in [1.165, 1.54) is 5.56 Å². The number of esters is 1. The third-order valence-electron chi connectivity index (χ3n) is 4.77. The monoisotopic (exact) mass is 304 g/mol. The molecule has 1 aromatic rings. The van der Waals surface area contributed by atoms with Crippen LogP contribution in [0.2, 0.25) is 0 Å². The number of benzene rings is 1. The molecule has 0 spiro atoms. The van der Waals surface area contributed by atoms with Gasteiger partial charge in [-0.25, -0.2) is 0 Å². The average molecular weight is 304 g/mol. The van der Waals surface area contributed by atoms with Crippen LogP contribution in [0.25, 0.3) is 0 Å². The summed E-state index contributed by atoms with van der Waals surface area (Å²) in [5, 5.41) is 10.4. The molecule has 1 fully saturated rings. The van der Waals surface area contributed by atoms with Gasteiger partial charge >= 0.3 is 5.97 Å². The van der Waals surface area contributed by atoms with Crippen LogP contribution in [0, 0.1) is 5.92 Å². The van der Waals surface area contributed by atoms with Crippen molar-refractivity contribution >= 4 is 5.97 Å². The van der Waals surface area contributed by atoms with E-state index in [1.807, 2.05) is 45.9 Å². The first-order valence-corrected chi connectivity index (χ1v) is 8.21. The number of ether oxygens (including phenoxy) is 1. The first kappa shape index (κ1) is 17.0. The van der Waals surface area contributed by atoms with Gasteiger partial charge < -0.3 is 9.84 Å². The lowest BCUT2D eigenvalue weighted by molar-refractivity contribution is -0.162. The van der Waals surface area contributed by atoms with Crippen LogP contribution in [0.15, 0.2) is 30.3 Å². The summed E-state index contributed by atoms with van der Waals surface area (Å²) in [6, 6.07) is 10.2. The highest BCUT2D eigenvalue weighted by Crippen LogP contribution is 2.44. The van der Waals surface area contributed by atoms with Gasteiger partial charge in [-0.05, 0) is 58.9 Å². The molecule has 0 aliphatic heterocycles. The lowest BCUT2D eigenvalue weighted by Crippen LogP contribution is -2.43. The van der Waals surface area contributed by atoms with E-state index in [4.69, 9.17) is 4.74 Å². The Morgan fingerprint density at radius 2 is 1.77 bits per heavy atom. The first-order chi connectivity index (χ1) is 10.2. The number of aliphatic hydroxyl groups is 1. The third kappa shape index (κ3) is 3.70. The fraction of sp³-hybridized carbons (Fsp3) is 0.632. The Morgan fingerprint density at radius 3 is 2.23 bits per heavy atom. The molecular formula is C19H28O3. The van der Waals surface area contributed by atoms with Crippen molar-refractivity contribution < 1.29 is 14.6 Å². The smallest absolute Gasteiger partial charge is 0.309 e. The molecule has 1 aliphatic rings. The van der Waals surface area contributed by atoms with Gasteiger partial charge in [0, 0.05) is 5.41 Å². The van der Waals surface area contributed by atoms with Gasteiger partial charge in [0.2, 0.25) is 0 Å². The molecule has 0 amide bonds. The van der Waals surface area contributed by atoms with Gasteiger partial charge in [-0.15, -0.1) is 0 Å². The number of hydrogen-bond donors (Lipinski definition) is 1. The van der Waals surface area contributed by atoms with Crippen LogP contribution >= 0.6 is 0 Å². The molecule has 3 heteroatoms. The van der Waals surface area contributed by atoms with Gasteiger partial charge in [-0.1, -0.05) is 30.3 Å². The molecule has 22 heavy (non-hydrogen) atoms. The van der Waals surface area contributed by atoms with Crippen molar-refractivity contribution in [2.45, 2.75) is 70.5 Å². The first-order valence-electron chi connectivity index (χ1n) is 8.21. The number of hydrogen-bond acceptors (Lipinski definition) is 3. The SMILES string of the molecule is CC(O)C1(c2ccccc2)CCC(C(=O)OC(C)(C)C)CC1. The topological polar surface area (TPSA) is 46.5 Å². The summed E-state index contributed by atoms with van der Waals surface area (Å²) in [4.78, 5) is 12.2. The van der Waals surface area contributed by atoms with Gasteiger partial charge in [0.15, 0.2) is 0 Å². The molecule has 0 radical (unpaired) electrons. The normalized spacial score (nSPS) is 27.2. The molecule has 1 atom stereocenters. The molecule has 1 saturated carbocycles. The Morgan fingerprint density at radius 1 is 1.23 bits per heavy atom. The quantitative estimate of drug-likeness (QED) is 0.863. The molecule has 0 bridgehead atoms. The van der Waals surface area contributed by atoms with Gasteiger partial charge in [0.05, 0.1) is 12.0 Å². The minimum absolute atomic E-state index is 0.0465. The lowest BCUT2D eigenvalue weighted by atomic mass is 9.64. The van der Waals surface area contributed by atoms with E-state index in [0.29, 0.717) is 0 Å². The zero-order chi connectivity index (χ0) is 16.4. The van der Waals surface area contributed by atoms with Crippen LogP contribution < -0.4 is 0 Å². The van der Waals surface area contributed by atoms with Crippen molar-refractivity contribution in [3.63, 3.8) is 0 Å². The zero-order valence-electron chi connectivity index (χ0n) is 14.1. The second kappa shape index (κ2) is 6.41. The van der Waals surface area contributed by atoms with E-state index in [2.05, 4.69) is 12.1 Å². The maximum Gasteiger partial charge on any atom is 0.309 e. The van der Waals surface area contributed by atoms with Gasteiger partial charge in [-0.2, -0.15) is 0 Å². The zero-order valence-corrected chi connectivity index (χ0v) is 14.1. The van der Waals surface area contributed by atoms with E-state index >= 15 is 0 Å². The summed E-state index contributed by atoms with van der Waals surface area (Å²) in [6.45, 7) is 7.56. The van der Waals surface area contributed by atoms with E-state index < -0.39 is 11.7 Å². The molecule has 0 aromatic heterocycles. The molecule has 1 unspecified atom stereocenters. The largest absolute Gasteiger partial charge is 0.460 e. The van der Waals surface area contributed by atoms with Crippen molar-refractivity contribution in [3.8, 4) is 0 Å². The van der Waals surface area contributed by atoms with Gasteiger partial charge in [0.25, 0.3) is 0 Å². The van der Waals surface area contributed by atoms with Crippen molar-refractivity contribution in [3.05, 3.63) is 35.9 Å². The average Bonchev–Trinajstić information content (AvgIpc) is 2.46. The van der Waals surface area contributed by atoms with Crippen molar-refractivity contribution in [2.24, 2.45) is 5.92 Å². The summed E-state index contributed by atoms with van der Waals surface area (Å²) in [6.07, 6.45) is 2.76. The Hall–Kier alpha value is -1.35. The molecule has 0 saturated heterocycles. The van der Waals surface area contributed by atoms with Crippen molar-refractivity contribution in [2.75, 3.05) is 0 Å². The Balaban J connectivity index is 2.10. The molecule has 2 rings (SSSR count). The van der Waals surface area contributed by atoms with Crippen LogP contribution in [-0.2, 0) is 14.9 Å². The molecule has 122 valence electrons. The van der Waals surface area contributed by atoms with Crippen LogP contribution in [0.5, 0.6) is 0 Å². The van der Waals surface area contributed by atoms with Crippen LogP contribution in [0.1, 0.15) is 58.9 Å². The van der Waals surface area contributed by atoms with Crippen molar-refractivity contribution in [1.82, 2.24) is 0 Å². The van der Waals surface area contributed by atoms with Gasteiger partial charge in [0.1, 0.15) is 5.60 Å². The molecule has 1 aliphatic carbocycles. The van der Waals surface area contributed by atoms with Gasteiger partial charge in [-0.3, -0.25) is 4.79 Å². The van der Waals surface area contributed by atoms with E-state index in [9.17, 15) is 9.90 Å². The van der Waals surface area contributed by atoms with Crippen LogP contribution in [0.4, 0.5) is 0 Å². The minimum atomic E-state index is -0.435. The highest BCUT2D eigenvalue weighted by atomic mass is 16.6. The second-order valence-corrected chi connectivity index (χ2v) is 7.51. The number of carbonyl (C=O) groups excluding carboxylic acids is 1. The minimum Gasteiger partial charge on any atom is -0.460 e. The second-order valence-electron chi connectivity index (χ2n) is 7.51. The standard InChI is InChI=1S/C19H28O3/c1-14(20)19(16-8-6-5-7-9-16)12-10-15(11-13-19)17(21)22-18(2,3)4/h5-9,14-15,20H,10-13H2,1-4H3. The molecular weight excluding hydrogens is 276 g/mol. The molecule has 1 aromatic carbocycles. The molecule has 1 N–H and O–H groups in total. The summed E-state index contributed by atoms with van der Waals surface area (Å²) < 4.78 is 5.51. The fourth-order valence-electron chi connectivity index (χ4n) is 3.47. The lowest BCUT2D eigenvalue weighted by Gasteiger charge is -2.42. The summed E-state index contributed by atoms with van der Waals surface area (Å²) in [5.41, 5.74) is 0.502. The Bertz CT molecular complexity index is 491. The number of carbonyl (C=O) groups is 1. The number of rotatable bonds is 3. The van der Waals surface area contributed by atoms with E-state index in [-0.39, 0.29) is 17.3 Å². The van der Waals surface area contributed by atoms with E-state index in [0.717, 1.165) is 25.7 Å². The van der Waals surface area contributed by atoms with Crippen molar-refractivity contribution in [1.29, 1.82) is 0 Å². The summed E-state index contributed by atoms with van der Waals surface area (Å²) in [7, 11) is 0. The molecule has 0 heterocycles. The third-order valence-corrected chi connectivity index (χ3v) is 4.77. The summed E-state index contributed by atoms with van der Waals surface area (Å²) in [5.74, 6) is -0.144. The highest BCUT2D eigenvalue weighted by Gasteiger charge is 2.42. The Kier molecular flexibility index (Phi) is 4.96. The maximum absolute atomic E-state index is 12.2.